The zero-order chi connectivity index (χ0) is 58.3. The van der Waals surface area contributed by atoms with Crippen LogP contribution < -0.4 is 32.1 Å². The van der Waals surface area contributed by atoms with Crippen molar-refractivity contribution in [3.63, 3.8) is 0 Å². The van der Waals surface area contributed by atoms with Crippen molar-refractivity contribution in [2.24, 2.45) is 28.6 Å². The molecule has 440 valence electrons. The van der Waals surface area contributed by atoms with E-state index >= 15 is 4.79 Å². The first kappa shape index (κ1) is 60.7. The van der Waals surface area contributed by atoms with Gasteiger partial charge in [-0.2, -0.15) is 0 Å². The molecule has 8 rings (SSSR count). The minimum Gasteiger partial charge on any atom is -0.452 e. The van der Waals surface area contributed by atoms with Crippen LogP contribution in [-0.4, -0.2) is 120 Å². The van der Waals surface area contributed by atoms with Crippen LogP contribution in [0.5, 0.6) is 0 Å². The van der Waals surface area contributed by atoms with E-state index in [0.29, 0.717) is 81.9 Å². The second kappa shape index (κ2) is 26.2. The predicted octanol–water partition coefficient (Wildman–Crippen LogP) is 6.23. The Bertz CT molecular complexity index is 2730. The fourth-order valence-electron chi connectivity index (χ4n) is 12.1. The number of methoxy groups -OCH3 is 1. The number of carbonyl (C=O) groups excluding carboxylic acids is 8. The second-order valence-corrected chi connectivity index (χ2v) is 24.3. The van der Waals surface area contributed by atoms with Gasteiger partial charge in [-0.25, -0.2) is 10.9 Å². The summed E-state index contributed by atoms with van der Waals surface area (Å²) >= 11 is 0. The molecule has 0 radical (unpaired) electrons. The Labute approximate surface area is 477 Å². The Hall–Kier alpha value is -6.44. The van der Waals surface area contributed by atoms with Crippen LogP contribution in [0.25, 0.3) is 12.2 Å². The highest BCUT2D eigenvalue weighted by Crippen LogP contribution is 2.73. The van der Waals surface area contributed by atoms with Crippen molar-refractivity contribution in [1.29, 1.82) is 0 Å². The number of ether oxygens (including phenoxy) is 3. The van der Waals surface area contributed by atoms with Gasteiger partial charge in [0.05, 0.1) is 29.5 Å². The number of cyclic esters (lactones) is 2. The molecule has 2 aliphatic carbocycles. The molecule has 6 N–H and O–H groups in total. The third kappa shape index (κ3) is 14.4. The number of amides is 6. The molecule has 4 fully saturated rings. The highest BCUT2D eigenvalue weighted by Gasteiger charge is 2.70. The predicted molar refractivity (Wildman–Crippen MR) is 304 cm³/mol. The maximum Gasteiger partial charge on any atom is 0.313 e. The Morgan fingerprint density at radius 2 is 1.17 bits per heavy atom. The van der Waals surface area contributed by atoms with E-state index in [1.165, 1.54) is 10.0 Å². The Kier molecular flexibility index (Phi) is 19.6. The molecule has 0 aromatic heterocycles. The van der Waals surface area contributed by atoms with Gasteiger partial charge in [0, 0.05) is 26.6 Å². The zero-order valence-corrected chi connectivity index (χ0v) is 48.8. The molecule has 10 atom stereocenters. The fraction of sp³-hybridized carbons (Fsp3) is 0.613. The highest BCUT2D eigenvalue weighted by molar-refractivity contribution is 5.93. The molecule has 8 bridgehead atoms. The number of hydrogen-bond acceptors (Lipinski definition) is 13. The molecular weight excluding hydrogens is 1030 g/mol. The van der Waals surface area contributed by atoms with E-state index in [1.807, 2.05) is 88.4 Å². The number of esters is 2. The van der Waals surface area contributed by atoms with Crippen molar-refractivity contribution >= 4 is 59.5 Å². The number of hydrazine groups is 2. The lowest BCUT2D eigenvalue weighted by molar-refractivity contribution is -0.167. The highest BCUT2D eigenvalue weighted by atomic mass is 16.6. The molecule has 81 heavy (non-hydrogen) atoms. The average Bonchev–Trinajstić information content (AvgIpc) is 3.88. The van der Waals surface area contributed by atoms with E-state index < -0.39 is 95.4 Å². The quantitative estimate of drug-likeness (QED) is 0.182. The third-order valence-electron chi connectivity index (χ3n) is 17.5. The monoisotopic (exact) mass is 1120 g/mol. The van der Waals surface area contributed by atoms with Crippen molar-refractivity contribution in [3.8, 4) is 0 Å². The molecular formula is C62H86N8O11. The van der Waals surface area contributed by atoms with E-state index in [9.17, 15) is 33.6 Å². The first-order valence-corrected chi connectivity index (χ1v) is 29.5. The van der Waals surface area contributed by atoms with Crippen LogP contribution in [0.1, 0.15) is 172 Å². The standard InChI is InChI=1S/C62H86N8O11/c1-36(2)51-56(74)66-49(58(76)70-30-16-22-48(68-70)53(71)63-39(6)45-20-14-19-42(32-45)17-10-11-23-50(79-9)38(5)59(77)80-51)35-44-31-43-18-12-13-24-61(25-26-61)62(27-28-62)60(78)81-52(37(3)4)55(73)65-41(8)57(75)69-29-15-21-47(67-69)54(72)64-40(7)46(33-43)34-44/h10,12,14,17-20,31-34,36-41,47-52,67-68H,11,13,15-16,21-30,35H2,1-9H3,(H,63,71)(H,64,72)(H,65,73)(H,66,74)/b17-10+,18-12+/t38-,39-,40-,41+,47+,48+,49+,50-,51+,52+/m1/s1. The lowest BCUT2D eigenvalue weighted by Crippen LogP contribution is -2.62. The summed E-state index contributed by atoms with van der Waals surface area (Å²) in [7, 11) is 1.54. The average molecular weight is 1120 g/mol. The van der Waals surface area contributed by atoms with Crippen molar-refractivity contribution in [1.82, 2.24) is 42.1 Å². The van der Waals surface area contributed by atoms with Gasteiger partial charge in [-0.1, -0.05) is 82.3 Å². The molecule has 19 nitrogen and oxygen atoms in total. The maximum atomic E-state index is 15.1. The van der Waals surface area contributed by atoms with Gasteiger partial charge in [-0.15, -0.1) is 0 Å². The zero-order valence-electron chi connectivity index (χ0n) is 48.8. The van der Waals surface area contributed by atoms with Gasteiger partial charge in [0.25, 0.3) is 23.6 Å². The molecule has 2 aromatic carbocycles. The van der Waals surface area contributed by atoms with Crippen LogP contribution in [0.3, 0.4) is 0 Å². The molecule has 6 aliphatic rings. The van der Waals surface area contributed by atoms with Crippen LogP contribution in [0.15, 0.2) is 54.6 Å². The summed E-state index contributed by atoms with van der Waals surface area (Å²) in [6.45, 7) is 14.8. The first-order chi connectivity index (χ1) is 38.6. The van der Waals surface area contributed by atoms with Crippen LogP contribution in [0, 0.1) is 28.6 Å². The number of rotatable bonds is 5. The van der Waals surface area contributed by atoms with E-state index in [2.05, 4.69) is 38.2 Å². The van der Waals surface area contributed by atoms with Crippen LogP contribution in [-0.2, 0) is 59.0 Å². The molecule has 0 unspecified atom stereocenters. The van der Waals surface area contributed by atoms with Crippen molar-refractivity contribution < 1.29 is 52.6 Å². The lowest BCUT2D eigenvalue weighted by atomic mass is 9.81. The van der Waals surface area contributed by atoms with Gasteiger partial charge in [-0.05, 0) is 162 Å². The summed E-state index contributed by atoms with van der Waals surface area (Å²) in [6.07, 6.45) is 12.5. The fourth-order valence-corrected chi connectivity index (χ4v) is 12.1. The summed E-state index contributed by atoms with van der Waals surface area (Å²) < 4.78 is 17.9. The molecule has 6 amide bonds. The Morgan fingerprint density at radius 3 is 1.79 bits per heavy atom. The summed E-state index contributed by atoms with van der Waals surface area (Å²) in [4.78, 5) is 114. The number of hydrogen-bond donors (Lipinski definition) is 6. The Balaban J connectivity index is 1.12. The molecule has 4 heterocycles. The Morgan fingerprint density at radius 1 is 0.605 bits per heavy atom. The van der Waals surface area contributed by atoms with Gasteiger partial charge in [0.2, 0.25) is 11.8 Å². The lowest BCUT2D eigenvalue weighted by Gasteiger charge is -2.36. The van der Waals surface area contributed by atoms with Crippen molar-refractivity contribution in [2.45, 2.75) is 193 Å². The smallest absolute Gasteiger partial charge is 0.313 e. The van der Waals surface area contributed by atoms with Gasteiger partial charge in [0.15, 0.2) is 12.2 Å². The molecule has 2 saturated heterocycles. The molecule has 2 aromatic rings. The van der Waals surface area contributed by atoms with E-state index in [0.717, 1.165) is 29.5 Å². The molecule has 2 spiro atoms. The van der Waals surface area contributed by atoms with Crippen LogP contribution >= 0.6 is 0 Å². The number of fused-ring (bicyclic) bond motifs is 9. The summed E-state index contributed by atoms with van der Waals surface area (Å²) in [5, 5.41) is 14.8. The van der Waals surface area contributed by atoms with Gasteiger partial charge >= 0.3 is 11.9 Å². The maximum absolute atomic E-state index is 15.1. The van der Waals surface area contributed by atoms with E-state index in [-0.39, 0.29) is 48.1 Å². The topological polar surface area (TPSA) is 243 Å². The summed E-state index contributed by atoms with van der Waals surface area (Å²) in [5.41, 5.74) is 9.27. The molecule has 2 saturated carbocycles. The van der Waals surface area contributed by atoms with Crippen LogP contribution in [0.4, 0.5) is 0 Å². The minimum absolute atomic E-state index is 0.0299. The number of allylic oxidation sites excluding steroid dienone is 2. The van der Waals surface area contributed by atoms with E-state index in [1.54, 1.807) is 34.8 Å². The number of carbonyl (C=O) groups is 8. The first-order valence-electron chi connectivity index (χ1n) is 29.5. The van der Waals surface area contributed by atoms with Crippen molar-refractivity contribution in [3.05, 3.63) is 82.4 Å². The summed E-state index contributed by atoms with van der Waals surface area (Å²) in [6, 6.07) is 8.98. The van der Waals surface area contributed by atoms with Crippen molar-refractivity contribution in [2.75, 3.05) is 20.2 Å². The number of benzene rings is 2. The molecule has 4 aliphatic heterocycles. The van der Waals surface area contributed by atoms with Gasteiger partial charge in [0.1, 0.15) is 24.2 Å². The minimum atomic E-state index is -1.28. The third-order valence-corrected chi connectivity index (χ3v) is 17.5. The van der Waals surface area contributed by atoms with E-state index in [4.69, 9.17) is 14.2 Å². The number of nitrogens with one attached hydrogen (secondary N) is 6. The SMILES string of the molecule is CO[C@@H]1CC/C=C/c2cccc(c2)[C@@H](C)NC(=O)[C@@H]2CCCN(N2)C(=O)[C@H](Cc2cc3cc(c2)[C@@H](C)NC(=O)[C@@H]2CCCN(N2)C(=O)[C@H](C)NC(=O)[C@H](C(C)C)OC(=O)C2(CC2)C2(CC/C=C/3)CC2)NC(=O)[C@H](C(C)C)OC(=O)[C@@H]1C. The second-order valence-electron chi connectivity index (χ2n) is 24.3. The normalized spacial score (nSPS) is 31.0. The summed E-state index contributed by atoms with van der Waals surface area (Å²) in [5.74, 6) is -5.35. The largest absolute Gasteiger partial charge is 0.452 e. The van der Waals surface area contributed by atoms with Gasteiger partial charge < -0.3 is 35.5 Å². The molecule has 19 heteroatoms. The van der Waals surface area contributed by atoms with Crippen LogP contribution in [0.2, 0.25) is 0 Å². The van der Waals surface area contributed by atoms with Gasteiger partial charge in [-0.3, -0.25) is 48.4 Å². The number of nitrogens with zero attached hydrogens (tertiary/aromatic N) is 2.